The molecule has 168 valence electrons. The second-order valence-corrected chi connectivity index (χ2v) is 8.25. The smallest absolute Gasteiger partial charge is 0.262 e. The molecule has 0 bridgehead atoms. The standard InChI is InChI=1S/C24H24BrClN2O4/c1-15-4-5-18(12-21(15)26)28-23(29)14-32-24-20(25)10-16(11-22(24)31-3)13-27-17-6-8-19(30-2)9-7-17/h4-12,27H,13-14H2,1-3H3,(H,28,29). The maximum atomic E-state index is 12.3. The molecule has 0 atom stereocenters. The lowest BCUT2D eigenvalue weighted by atomic mass is 10.2. The molecule has 6 nitrogen and oxygen atoms in total. The molecule has 0 unspecified atom stereocenters. The van der Waals surface area contributed by atoms with Crippen LogP contribution in [0.3, 0.4) is 0 Å². The van der Waals surface area contributed by atoms with Gasteiger partial charge in [0.1, 0.15) is 5.75 Å². The summed E-state index contributed by atoms with van der Waals surface area (Å²) in [6.07, 6.45) is 0. The second-order valence-electron chi connectivity index (χ2n) is 6.99. The number of rotatable bonds is 9. The van der Waals surface area contributed by atoms with Gasteiger partial charge < -0.3 is 24.8 Å². The van der Waals surface area contributed by atoms with Gasteiger partial charge in [0.2, 0.25) is 0 Å². The Labute approximate surface area is 201 Å². The van der Waals surface area contributed by atoms with E-state index in [4.69, 9.17) is 25.8 Å². The van der Waals surface area contributed by atoms with E-state index in [9.17, 15) is 4.79 Å². The molecule has 8 heteroatoms. The van der Waals surface area contributed by atoms with Gasteiger partial charge in [0, 0.05) is 22.9 Å². The molecular weight excluding hydrogens is 496 g/mol. The molecule has 2 N–H and O–H groups in total. The highest BCUT2D eigenvalue weighted by atomic mass is 79.9. The highest BCUT2D eigenvalue weighted by molar-refractivity contribution is 9.10. The summed E-state index contributed by atoms with van der Waals surface area (Å²) in [6, 6.07) is 16.8. The van der Waals surface area contributed by atoms with Crippen LogP contribution in [0.5, 0.6) is 17.2 Å². The van der Waals surface area contributed by atoms with Crippen molar-refractivity contribution >= 4 is 44.8 Å². The van der Waals surface area contributed by atoms with Gasteiger partial charge in [0.05, 0.1) is 18.7 Å². The number of nitrogens with one attached hydrogen (secondary N) is 2. The minimum Gasteiger partial charge on any atom is -0.497 e. The molecule has 32 heavy (non-hydrogen) atoms. The Morgan fingerprint density at radius 3 is 2.38 bits per heavy atom. The number of carbonyl (C=O) groups excluding carboxylic acids is 1. The number of aryl methyl sites for hydroxylation is 1. The van der Waals surface area contributed by atoms with Gasteiger partial charge in [-0.25, -0.2) is 0 Å². The van der Waals surface area contributed by atoms with Gasteiger partial charge in [-0.15, -0.1) is 0 Å². The molecule has 0 saturated carbocycles. The Bertz CT molecular complexity index is 1090. The topological polar surface area (TPSA) is 68.8 Å². The van der Waals surface area contributed by atoms with Crippen molar-refractivity contribution in [2.24, 2.45) is 0 Å². The number of hydrogen-bond acceptors (Lipinski definition) is 5. The molecule has 0 fully saturated rings. The monoisotopic (exact) mass is 518 g/mol. The molecule has 0 spiro atoms. The average molecular weight is 520 g/mol. The van der Waals surface area contributed by atoms with Crippen LogP contribution in [-0.4, -0.2) is 26.7 Å². The average Bonchev–Trinajstić information content (AvgIpc) is 2.79. The lowest BCUT2D eigenvalue weighted by Crippen LogP contribution is -2.20. The van der Waals surface area contributed by atoms with E-state index < -0.39 is 0 Å². The minimum absolute atomic E-state index is 0.177. The fourth-order valence-corrected chi connectivity index (χ4v) is 3.72. The fraction of sp³-hybridized carbons (Fsp3) is 0.208. The molecular formula is C24H24BrClN2O4. The van der Waals surface area contributed by atoms with Crippen molar-refractivity contribution < 1.29 is 19.0 Å². The zero-order chi connectivity index (χ0) is 23.1. The molecule has 3 aromatic carbocycles. The van der Waals surface area contributed by atoms with Gasteiger partial charge in [-0.1, -0.05) is 17.7 Å². The number of ether oxygens (including phenoxy) is 3. The van der Waals surface area contributed by atoms with Crippen LogP contribution in [-0.2, 0) is 11.3 Å². The summed E-state index contributed by atoms with van der Waals surface area (Å²) in [6.45, 7) is 2.30. The van der Waals surface area contributed by atoms with Crippen molar-refractivity contribution in [3.05, 3.63) is 75.2 Å². The zero-order valence-corrected chi connectivity index (χ0v) is 20.3. The summed E-state index contributed by atoms with van der Waals surface area (Å²) in [5.74, 6) is 1.48. The number of carbonyl (C=O) groups is 1. The van der Waals surface area contributed by atoms with Crippen LogP contribution in [0.25, 0.3) is 0 Å². The van der Waals surface area contributed by atoms with Gasteiger partial charge in [-0.3, -0.25) is 4.79 Å². The summed E-state index contributed by atoms with van der Waals surface area (Å²) in [4.78, 5) is 12.3. The highest BCUT2D eigenvalue weighted by Gasteiger charge is 2.14. The van der Waals surface area contributed by atoms with Gasteiger partial charge in [0.15, 0.2) is 18.1 Å². The van der Waals surface area contributed by atoms with Crippen LogP contribution in [0.15, 0.2) is 59.1 Å². The summed E-state index contributed by atoms with van der Waals surface area (Å²) < 4.78 is 17.1. The predicted octanol–water partition coefficient (Wildman–Crippen LogP) is 6.06. The third-order valence-corrected chi connectivity index (χ3v) is 5.68. The first-order valence-corrected chi connectivity index (χ1v) is 11.0. The molecule has 3 aromatic rings. The number of benzene rings is 3. The van der Waals surface area contributed by atoms with Gasteiger partial charge in [0.25, 0.3) is 5.91 Å². The van der Waals surface area contributed by atoms with E-state index in [1.54, 1.807) is 26.4 Å². The zero-order valence-electron chi connectivity index (χ0n) is 18.0. The SMILES string of the molecule is COc1ccc(NCc2cc(Br)c(OCC(=O)Nc3ccc(C)c(Cl)c3)c(OC)c2)cc1. The summed E-state index contributed by atoms with van der Waals surface area (Å²) in [5.41, 5.74) is 3.50. The fourth-order valence-electron chi connectivity index (χ4n) is 2.93. The van der Waals surface area contributed by atoms with Gasteiger partial charge in [-0.2, -0.15) is 0 Å². The van der Waals surface area contributed by atoms with Crippen molar-refractivity contribution in [3.8, 4) is 17.2 Å². The van der Waals surface area contributed by atoms with E-state index in [1.165, 1.54) is 0 Å². The van der Waals surface area contributed by atoms with Crippen LogP contribution in [0.1, 0.15) is 11.1 Å². The normalized spacial score (nSPS) is 10.4. The first-order valence-electron chi connectivity index (χ1n) is 9.82. The van der Waals surface area contributed by atoms with Crippen LogP contribution < -0.4 is 24.8 Å². The third-order valence-electron chi connectivity index (χ3n) is 4.68. The quantitative estimate of drug-likeness (QED) is 0.360. The first kappa shape index (κ1) is 23.8. The van der Waals surface area contributed by atoms with E-state index in [-0.39, 0.29) is 12.5 Å². The van der Waals surface area contributed by atoms with E-state index in [2.05, 4.69) is 26.6 Å². The second kappa shape index (κ2) is 11.1. The van der Waals surface area contributed by atoms with Gasteiger partial charge in [-0.05, 0) is 82.5 Å². The lowest BCUT2D eigenvalue weighted by Gasteiger charge is -2.15. The Morgan fingerprint density at radius 2 is 1.72 bits per heavy atom. The maximum Gasteiger partial charge on any atom is 0.262 e. The van der Waals surface area contributed by atoms with Crippen molar-refractivity contribution in [1.29, 1.82) is 0 Å². The summed E-state index contributed by atoms with van der Waals surface area (Å²) >= 11 is 9.63. The van der Waals surface area contributed by atoms with E-state index in [0.717, 1.165) is 22.6 Å². The first-order chi connectivity index (χ1) is 15.4. The van der Waals surface area contributed by atoms with Crippen LogP contribution in [0, 0.1) is 6.92 Å². The summed E-state index contributed by atoms with van der Waals surface area (Å²) in [7, 11) is 3.20. The molecule has 0 aliphatic rings. The lowest BCUT2D eigenvalue weighted by molar-refractivity contribution is -0.118. The molecule has 0 aliphatic carbocycles. The Kier molecular flexibility index (Phi) is 8.25. The van der Waals surface area contributed by atoms with Crippen LogP contribution >= 0.6 is 27.5 Å². The van der Waals surface area contributed by atoms with E-state index in [1.807, 2.05) is 49.4 Å². The molecule has 0 saturated heterocycles. The van der Waals surface area contributed by atoms with E-state index in [0.29, 0.717) is 33.2 Å². The van der Waals surface area contributed by atoms with Crippen molar-refractivity contribution in [2.45, 2.75) is 13.5 Å². The molecule has 0 aliphatic heterocycles. The Balaban J connectivity index is 1.62. The maximum absolute atomic E-state index is 12.3. The molecule has 1 amide bonds. The van der Waals surface area contributed by atoms with Crippen molar-refractivity contribution in [3.63, 3.8) is 0 Å². The molecule has 0 aromatic heterocycles. The molecule has 0 heterocycles. The number of amides is 1. The Hall–Kier alpha value is -2.90. The summed E-state index contributed by atoms with van der Waals surface area (Å²) in [5, 5.41) is 6.71. The van der Waals surface area contributed by atoms with Crippen molar-refractivity contribution in [2.75, 3.05) is 31.5 Å². The number of anilines is 2. The number of methoxy groups -OCH3 is 2. The predicted molar refractivity (Wildman–Crippen MR) is 131 cm³/mol. The molecule has 3 rings (SSSR count). The van der Waals surface area contributed by atoms with Gasteiger partial charge >= 0.3 is 0 Å². The van der Waals surface area contributed by atoms with E-state index >= 15 is 0 Å². The molecule has 0 radical (unpaired) electrons. The Morgan fingerprint density at radius 1 is 1.00 bits per heavy atom. The minimum atomic E-state index is -0.302. The van der Waals surface area contributed by atoms with Crippen LogP contribution in [0.4, 0.5) is 11.4 Å². The van der Waals surface area contributed by atoms with Crippen molar-refractivity contribution in [1.82, 2.24) is 0 Å². The number of hydrogen-bond donors (Lipinski definition) is 2. The third kappa shape index (κ3) is 6.31. The number of halogens is 2. The highest BCUT2D eigenvalue weighted by Crippen LogP contribution is 2.37. The largest absolute Gasteiger partial charge is 0.497 e. The van der Waals surface area contributed by atoms with Crippen LogP contribution in [0.2, 0.25) is 5.02 Å².